The van der Waals surface area contributed by atoms with E-state index < -0.39 is 4.92 Å². The zero-order chi connectivity index (χ0) is 14.5. The SMILES string of the molecule is COc1ccc(C=C(C)c2ccc([N+](=O)[O-])cc2)cc1. The van der Waals surface area contributed by atoms with Gasteiger partial charge in [-0.25, -0.2) is 0 Å². The summed E-state index contributed by atoms with van der Waals surface area (Å²) >= 11 is 0. The molecule has 20 heavy (non-hydrogen) atoms. The van der Waals surface area contributed by atoms with Crippen LogP contribution in [0.4, 0.5) is 5.69 Å². The number of nitrogens with zero attached hydrogens (tertiary/aromatic N) is 1. The van der Waals surface area contributed by atoms with Gasteiger partial charge in [-0.3, -0.25) is 10.1 Å². The summed E-state index contributed by atoms with van der Waals surface area (Å²) in [6.45, 7) is 1.98. The van der Waals surface area contributed by atoms with Crippen molar-refractivity contribution in [2.24, 2.45) is 0 Å². The maximum absolute atomic E-state index is 10.6. The van der Waals surface area contributed by atoms with Crippen molar-refractivity contribution >= 4 is 17.3 Å². The van der Waals surface area contributed by atoms with Crippen molar-refractivity contribution in [2.75, 3.05) is 7.11 Å². The Balaban J connectivity index is 2.22. The number of non-ortho nitro benzene ring substituents is 1. The van der Waals surface area contributed by atoms with Gasteiger partial charge in [-0.1, -0.05) is 18.2 Å². The van der Waals surface area contributed by atoms with Gasteiger partial charge in [0.1, 0.15) is 5.75 Å². The van der Waals surface area contributed by atoms with E-state index in [-0.39, 0.29) is 5.69 Å². The first-order valence-electron chi connectivity index (χ1n) is 6.17. The first kappa shape index (κ1) is 13.8. The van der Waals surface area contributed by atoms with Crippen LogP contribution < -0.4 is 4.74 Å². The second-order valence-corrected chi connectivity index (χ2v) is 4.40. The van der Waals surface area contributed by atoms with Crippen LogP contribution in [0.1, 0.15) is 18.1 Å². The van der Waals surface area contributed by atoms with E-state index >= 15 is 0 Å². The fourth-order valence-corrected chi connectivity index (χ4v) is 1.88. The third-order valence-corrected chi connectivity index (χ3v) is 3.03. The molecule has 0 saturated heterocycles. The highest BCUT2D eigenvalue weighted by Crippen LogP contribution is 2.21. The van der Waals surface area contributed by atoms with Crippen LogP contribution in [0.25, 0.3) is 11.6 Å². The summed E-state index contributed by atoms with van der Waals surface area (Å²) in [6.07, 6.45) is 2.03. The van der Waals surface area contributed by atoms with Crippen LogP contribution in [0, 0.1) is 10.1 Å². The molecule has 0 aliphatic heterocycles. The quantitative estimate of drug-likeness (QED) is 0.475. The lowest BCUT2D eigenvalue weighted by Gasteiger charge is -2.03. The summed E-state index contributed by atoms with van der Waals surface area (Å²) in [5.41, 5.74) is 3.17. The Morgan fingerprint density at radius 3 is 2.20 bits per heavy atom. The monoisotopic (exact) mass is 269 g/mol. The van der Waals surface area contributed by atoms with Gasteiger partial charge in [-0.2, -0.15) is 0 Å². The Bertz CT molecular complexity index is 628. The van der Waals surface area contributed by atoms with Crippen LogP contribution in [-0.4, -0.2) is 12.0 Å². The molecular formula is C16H15NO3. The molecule has 0 unspecified atom stereocenters. The number of nitro groups is 1. The van der Waals surface area contributed by atoms with Gasteiger partial charge in [0, 0.05) is 12.1 Å². The second kappa shape index (κ2) is 6.02. The molecule has 0 fully saturated rings. The largest absolute Gasteiger partial charge is 0.497 e. The maximum Gasteiger partial charge on any atom is 0.269 e. The van der Waals surface area contributed by atoms with Crippen LogP contribution in [0.2, 0.25) is 0 Å². The number of nitro benzene ring substituents is 1. The predicted octanol–water partition coefficient (Wildman–Crippen LogP) is 4.16. The lowest BCUT2D eigenvalue weighted by molar-refractivity contribution is -0.384. The standard InChI is InChI=1S/C16H15NO3/c1-12(11-13-3-9-16(20-2)10-4-13)14-5-7-15(8-6-14)17(18)19/h3-11H,1-2H3. The van der Waals surface area contributed by atoms with E-state index in [1.807, 2.05) is 37.3 Å². The Kier molecular flexibility index (Phi) is 4.15. The number of ether oxygens (including phenoxy) is 1. The molecule has 0 heterocycles. The number of methoxy groups -OCH3 is 1. The van der Waals surface area contributed by atoms with Gasteiger partial charge >= 0.3 is 0 Å². The first-order valence-corrected chi connectivity index (χ1v) is 6.17. The summed E-state index contributed by atoms with van der Waals surface area (Å²) in [4.78, 5) is 10.2. The Hall–Kier alpha value is -2.62. The van der Waals surface area contributed by atoms with Gasteiger partial charge in [0.05, 0.1) is 12.0 Å². The van der Waals surface area contributed by atoms with Crippen LogP contribution in [-0.2, 0) is 0 Å². The van der Waals surface area contributed by atoms with Crippen LogP contribution in [0.5, 0.6) is 5.75 Å². The zero-order valence-electron chi connectivity index (χ0n) is 11.4. The van der Waals surface area contributed by atoms with Crippen molar-refractivity contribution in [3.63, 3.8) is 0 Å². The molecule has 0 spiro atoms. The van der Waals surface area contributed by atoms with Crippen molar-refractivity contribution < 1.29 is 9.66 Å². The number of benzene rings is 2. The normalized spacial score (nSPS) is 11.2. The molecule has 0 aromatic heterocycles. The molecule has 0 atom stereocenters. The molecule has 2 aromatic carbocycles. The van der Waals surface area contributed by atoms with Crippen molar-refractivity contribution in [3.8, 4) is 5.75 Å². The molecule has 0 N–H and O–H groups in total. The Morgan fingerprint density at radius 2 is 1.70 bits per heavy atom. The maximum atomic E-state index is 10.6. The van der Waals surface area contributed by atoms with Crippen LogP contribution >= 0.6 is 0 Å². The Labute approximate surface area is 117 Å². The van der Waals surface area contributed by atoms with Gasteiger partial charge in [-0.05, 0) is 47.9 Å². The molecule has 2 aromatic rings. The molecular weight excluding hydrogens is 254 g/mol. The van der Waals surface area contributed by atoms with E-state index in [1.54, 1.807) is 19.2 Å². The van der Waals surface area contributed by atoms with Gasteiger partial charge in [0.25, 0.3) is 5.69 Å². The highest BCUT2D eigenvalue weighted by atomic mass is 16.6. The third kappa shape index (κ3) is 3.23. The second-order valence-electron chi connectivity index (χ2n) is 4.40. The van der Waals surface area contributed by atoms with Gasteiger partial charge < -0.3 is 4.74 Å². The topological polar surface area (TPSA) is 52.4 Å². The fourth-order valence-electron chi connectivity index (χ4n) is 1.88. The highest BCUT2D eigenvalue weighted by molar-refractivity contribution is 5.80. The van der Waals surface area contributed by atoms with Crippen molar-refractivity contribution in [1.29, 1.82) is 0 Å². The van der Waals surface area contributed by atoms with E-state index in [1.165, 1.54) is 12.1 Å². The summed E-state index contributed by atoms with van der Waals surface area (Å²) in [7, 11) is 1.63. The molecule has 0 saturated carbocycles. The summed E-state index contributed by atoms with van der Waals surface area (Å²) in [6, 6.07) is 14.3. The minimum atomic E-state index is -0.397. The number of hydrogen-bond donors (Lipinski definition) is 0. The van der Waals surface area contributed by atoms with E-state index in [0.29, 0.717) is 0 Å². The Morgan fingerprint density at radius 1 is 1.10 bits per heavy atom. The minimum absolute atomic E-state index is 0.103. The number of allylic oxidation sites excluding steroid dienone is 1. The van der Waals surface area contributed by atoms with Gasteiger partial charge in [-0.15, -0.1) is 0 Å². The average molecular weight is 269 g/mol. The average Bonchev–Trinajstić information content (AvgIpc) is 2.48. The molecule has 0 bridgehead atoms. The van der Waals surface area contributed by atoms with E-state index in [4.69, 9.17) is 4.74 Å². The summed E-state index contributed by atoms with van der Waals surface area (Å²) in [5.74, 6) is 0.815. The van der Waals surface area contributed by atoms with E-state index in [2.05, 4.69) is 0 Å². The lowest BCUT2D eigenvalue weighted by Crippen LogP contribution is -1.88. The molecule has 0 radical (unpaired) electrons. The van der Waals surface area contributed by atoms with E-state index in [0.717, 1.165) is 22.4 Å². The molecule has 4 nitrogen and oxygen atoms in total. The number of rotatable bonds is 4. The lowest BCUT2D eigenvalue weighted by atomic mass is 10.0. The molecule has 4 heteroatoms. The van der Waals surface area contributed by atoms with Crippen molar-refractivity contribution in [1.82, 2.24) is 0 Å². The summed E-state index contributed by atoms with van der Waals surface area (Å²) in [5, 5.41) is 10.6. The van der Waals surface area contributed by atoms with E-state index in [9.17, 15) is 10.1 Å². The van der Waals surface area contributed by atoms with Gasteiger partial charge in [0.2, 0.25) is 0 Å². The zero-order valence-corrected chi connectivity index (χ0v) is 11.4. The molecule has 0 aliphatic carbocycles. The van der Waals surface area contributed by atoms with Crippen LogP contribution in [0.15, 0.2) is 48.5 Å². The molecule has 0 amide bonds. The van der Waals surface area contributed by atoms with Crippen LogP contribution in [0.3, 0.4) is 0 Å². The number of hydrogen-bond acceptors (Lipinski definition) is 3. The fraction of sp³-hybridized carbons (Fsp3) is 0.125. The smallest absolute Gasteiger partial charge is 0.269 e. The summed E-state index contributed by atoms with van der Waals surface area (Å²) < 4.78 is 5.11. The molecule has 102 valence electrons. The van der Waals surface area contributed by atoms with Crippen molar-refractivity contribution in [3.05, 3.63) is 69.8 Å². The predicted molar refractivity (Wildman–Crippen MR) is 79.6 cm³/mol. The third-order valence-electron chi connectivity index (χ3n) is 3.03. The van der Waals surface area contributed by atoms with Crippen molar-refractivity contribution in [2.45, 2.75) is 6.92 Å². The first-order chi connectivity index (χ1) is 9.60. The van der Waals surface area contributed by atoms with Gasteiger partial charge in [0.15, 0.2) is 0 Å². The minimum Gasteiger partial charge on any atom is -0.497 e. The molecule has 2 rings (SSSR count). The highest BCUT2D eigenvalue weighted by Gasteiger charge is 2.04. The molecule has 0 aliphatic rings.